The van der Waals surface area contributed by atoms with Gasteiger partial charge in [0.15, 0.2) is 0 Å². The number of hydrogen-bond donors (Lipinski definition) is 1. The molecule has 2 aromatic heterocycles. The van der Waals surface area contributed by atoms with Gasteiger partial charge < -0.3 is 8.83 Å². The van der Waals surface area contributed by atoms with Crippen molar-refractivity contribution in [3.8, 4) is 0 Å². The van der Waals surface area contributed by atoms with Gasteiger partial charge in [-0.25, -0.2) is 9.89 Å². The summed E-state index contributed by atoms with van der Waals surface area (Å²) in [4.78, 5) is 10.8. The van der Waals surface area contributed by atoms with Crippen LogP contribution in [0.5, 0.6) is 0 Å². The first-order chi connectivity index (χ1) is 8.22. The van der Waals surface area contributed by atoms with Crippen LogP contribution in [0.1, 0.15) is 11.5 Å². The monoisotopic (exact) mass is 250 g/mol. The molecule has 0 aliphatic rings. The molecule has 0 spiro atoms. The Morgan fingerprint density at radius 2 is 2.29 bits per heavy atom. The molecular formula is C11H7ClN2O3. The van der Waals surface area contributed by atoms with Crippen molar-refractivity contribution in [3.05, 3.63) is 51.5 Å². The molecule has 0 amide bonds. The van der Waals surface area contributed by atoms with Gasteiger partial charge in [0.25, 0.3) is 0 Å². The lowest BCUT2D eigenvalue weighted by molar-refractivity contribution is 0.471. The van der Waals surface area contributed by atoms with Crippen LogP contribution >= 0.6 is 11.6 Å². The van der Waals surface area contributed by atoms with Crippen molar-refractivity contribution >= 4 is 22.6 Å². The molecular weight excluding hydrogens is 244 g/mol. The molecule has 0 aliphatic heterocycles. The highest BCUT2D eigenvalue weighted by atomic mass is 35.5. The molecule has 2 heterocycles. The Labute approximate surface area is 100.0 Å². The fourth-order valence-electron chi connectivity index (χ4n) is 1.69. The van der Waals surface area contributed by atoms with Gasteiger partial charge in [0.05, 0.1) is 12.7 Å². The second-order valence-electron chi connectivity index (χ2n) is 3.59. The SMILES string of the molecule is O=c1[nH]nc(Cc2coc3ccc(Cl)cc23)o1. The molecule has 86 valence electrons. The van der Waals surface area contributed by atoms with Gasteiger partial charge in [-0.05, 0) is 18.2 Å². The van der Waals surface area contributed by atoms with Gasteiger partial charge in [-0.3, -0.25) is 0 Å². The maximum Gasteiger partial charge on any atom is 0.434 e. The molecule has 3 rings (SSSR count). The third kappa shape index (κ3) is 1.85. The van der Waals surface area contributed by atoms with E-state index >= 15 is 0 Å². The van der Waals surface area contributed by atoms with Gasteiger partial charge in [-0.2, -0.15) is 0 Å². The fraction of sp³-hybridized carbons (Fsp3) is 0.0909. The van der Waals surface area contributed by atoms with E-state index in [1.165, 1.54) is 0 Å². The van der Waals surface area contributed by atoms with Crippen LogP contribution in [-0.2, 0) is 6.42 Å². The summed E-state index contributed by atoms with van der Waals surface area (Å²) in [6, 6.07) is 5.36. The Balaban J connectivity index is 2.05. The van der Waals surface area contributed by atoms with Crippen LogP contribution in [0.25, 0.3) is 11.0 Å². The molecule has 0 radical (unpaired) electrons. The van der Waals surface area contributed by atoms with Crippen molar-refractivity contribution in [1.29, 1.82) is 0 Å². The lowest BCUT2D eigenvalue weighted by Crippen LogP contribution is -1.93. The zero-order chi connectivity index (χ0) is 11.8. The minimum atomic E-state index is -0.564. The molecule has 0 unspecified atom stereocenters. The summed E-state index contributed by atoms with van der Waals surface area (Å²) in [5.41, 5.74) is 1.61. The summed E-state index contributed by atoms with van der Waals surface area (Å²) in [7, 11) is 0. The van der Waals surface area contributed by atoms with Gasteiger partial charge in [0.1, 0.15) is 5.58 Å². The van der Waals surface area contributed by atoms with E-state index in [2.05, 4.69) is 10.2 Å². The zero-order valence-corrected chi connectivity index (χ0v) is 9.32. The second kappa shape index (κ2) is 3.78. The first-order valence-electron chi connectivity index (χ1n) is 4.92. The number of benzene rings is 1. The van der Waals surface area contributed by atoms with Gasteiger partial charge in [0, 0.05) is 16.0 Å². The normalized spacial score (nSPS) is 11.1. The molecule has 1 N–H and O–H groups in total. The molecule has 5 nitrogen and oxygen atoms in total. The van der Waals surface area contributed by atoms with Gasteiger partial charge in [0.2, 0.25) is 5.89 Å². The van der Waals surface area contributed by atoms with E-state index in [4.69, 9.17) is 20.4 Å². The van der Waals surface area contributed by atoms with Crippen LogP contribution in [0.2, 0.25) is 5.02 Å². The highest BCUT2D eigenvalue weighted by Crippen LogP contribution is 2.25. The van der Waals surface area contributed by atoms with Crippen LogP contribution in [0, 0.1) is 0 Å². The summed E-state index contributed by atoms with van der Waals surface area (Å²) in [6.45, 7) is 0. The van der Waals surface area contributed by atoms with E-state index in [1.807, 2.05) is 0 Å². The molecule has 0 atom stereocenters. The van der Waals surface area contributed by atoms with E-state index in [0.29, 0.717) is 17.3 Å². The van der Waals surface area contributed by atoms with Crippen molar-refractivity contribution in [2.45, 2.75) is 6.42 Å². The van der Waals surface area contributed by atoms with Crippen molar-refractivity contribution in [2.24, 2.45) is 0 Å². The predicted octanol–water partition coefficient (Wildman–Crippen LogP) is 2.35. The van der Waals surface area contributed by atoms with E-state index < -0.39 is 5.76 Å². The summed E-state index contributed by atoms with van der Waals surface area (Å²) in [5.74, 6) is -0.247. The number of fused-ring (bicyclic) bond motifs is 1. The zero-order valence-electron chi connectivity index (χ0n) is 8.57. The van der Waals surface area contributed by atoms with Crippen LogP contribution in [0.4, 0.5) is 0 Å². The quantitative estimate of drug-likeness (QED) is 0.758. The topological polar surface area (TPSA) is 72.0 Å². The molecule has 1 aromatic carbocycles. The van der Waals surface area contributed by atoms with E-state index in [1.54, 1.807) is 24.5 Å². The van der Waals surface area contributed by atoms with Gasteiger partial charge in [-0.1, -0.05) is 11.6 Å². The van der Waals surface area contributed by atoms with Crippen molar-refractivity contribution in [1.82, 2.24) is 10.2 Å². The second-order valence-corrected chi connectivity index (χ2v) is 4.02. The van der Waals surface area contributed by atoms with E-state index in [0.717, 1.165) is 16.5 Å². The molecule has 0 saturated heterocycles. The first-order valence-corrected chi connectivity index (χ1v) is 5.30. The van der Waals surface area contributed by atoms with Gasteiger partial charge >= 0.3 is 5.76 Å². The Morgan fingerprint density at radius 1 is 1.41 bits per heavy atom. The number of aromatic nitrogens is 2. The third-order valence-electron chi connectivity index (χ3n) is 2.44. The minimum Gasteiger partial charge on any atom is -0.464 e. The van der Waals surface area contributed by atoms with Gasteiger partial charge in [-0.15, -0.1) is 5.10 Å². The predicted molar refractivity (Wildman–Crippen MR) is 61.2 cm³/mol. The van der Waals surface area contributed by atoms with Crippen LogP contribution in [0.3, 0.4) is 0 Å². The maximum atomic E-state index is 10.8. The summed E-state index contributed by atoms with van der Waals surface area (Å²) in [6.07, 6.45) is 1.99. The Morgan fingerprint density at radius 3 is 3.06 bits per heavy atom. The number of hydrogen-bond acceptors (Lipinski definition) is 4. The van der Waals surface area contributed by atoms with Crippen molar-refractivity contribution < 1.29 is 8.83 Å². The Kier molecular flexibility index (Phi) is 2.26. The van der Waals surface area contributed by atoms with E-state index in [-0.39, 0.29) is 0 Å². The minimum absolute atomic E-state index is 0.317. The molecule has 0 bridgehead atoms. The van der Waals surface area contributed by atoms with E-state index in [9.17, 15) is 4.79 Å². The highest BCUT2D eigenvalue weighted by molar-refractivity contribution is 6.31. The van der Waals surface area contributed by atoms with Crippen LogP contribution in [-0.4, -0.2) is 10.2 Å². The first kappa shape index (κ1) is 10.2. The summed E-state index contributed by atoms with van der Waals surface area (Å²) >= 11 is 5.92. The molecule has 0 aliphatic carbocycles. The third-order valence-corrected chi connectivity index (χ3v) is 2.67. The average Bonchev–Trinajstić information content (AvgIpc) is 2.87. The highest BCUT2D eigenvalue weighted by Gasteiger charge is 2.10. The fourth-order valence-corrected chi connectivity index (χ4v) is 1.86. The Bertz CT molecular complexity index is 725. The largest absolute Gasteiger partial charge is 0.464 e. The number of nitrogens with one attached hydrogen (secondary N) is 1. The van der Waals surface area contributed by atoms with Crippen molar-refractivity contribution in [2.75, 3.05) is 0 Å². The number of aromatic amines is 1. The Hall–Kier alpha value is -2.01. The number of halogens is 1. The lowest BCUT2D eigenvalue weighted by Gasteiger charge is -1.93. The number of furan rings is 1. The molecule has 6 heteroatoms. The smallest absolute Gasteiger partial charge is 0.434 e. The number of H-pyrrole nitrogens is 1. The van der Waals surface area contributed by atoms with Crippen molar-refractivity contribution in [3.63, 3.8) is 0 Å². The average molecular weight is 251 g/mol. The number of rotatable bonds is 2. The molecule has 0 fully saturated rings. The standard InChI is InChI=1S/C11H7ClN2O3/c12-7-1-2-9-8(4-7)6(5-16-9)3-10-13-14-11(15)17-10/h1-2,4-5H,3H2,(H,14,15). The summed E-state index contributed by atoms with van der Waals surface area (Å²) < 4.78 is 10.2. The van der Waals surface area contributed by atoms with Crippen LogP contribution in [0.15, 0.2) is 38.1 Å². The maximum absolute atomic E-state index is 10.8. The van der Waals surface area contributed by atoms with Crippen LogP contribution < -0.4 is 5.76 Å². The molecule has 17 heavy (non-hydrogen) atoms. The number of nitrogens with zero attached hydrogens (tertiary/aromatic N) is 1. The summed E-state index contributed by atoms with van der Waals surface area (Å²) in [5, 5.41) is 7.47. The molecule has 3 aromatic rings. The molecule has 0 saturated carbocycles. The lowest BCUT2D eigenvalue weighted by atomic mass is 10.1.